The molecule has 0 N–H and O–H groups in total. The first-order valence-electron chi connectivity index (χ1n) is 9.52. The van der Waals surface area contributed by atoms with E-state index in [0.29, 0.717) is 5.56 Å². The lowest BCUT2D eigenvalue weighted by Crippen LogP contribution is -2.48. The second-order valence-corrected chi connectivity index (χ2v) is 7.05. The number of benzene rings is 1. The number of carbonyl (C=O) groups is 1. The molecular weight excluding hydrogens is 338 g/mol. The smallest absolute Gasteiger partial charge is 0.257 e. The number of fused-ring (bicyclic) bond motifs is 1. The molecule has 1 amide bonds. The summed E-state index contributed by atoms with van der Waals surface area (Å²) in [5, 5.41) is 4.68. The van der Waals surface area contributed by atoms with Gasteiger partial charge < -0.3 is 9.80 Å². The second kappa shape index (κ2) is 7.12. The van der Waals surface area contributed by atoms with Gasteiger partial charge in [0, 0.05) is 37.9 Å². The number of aryl methyl sites for hydroxylation is 2. The van der Waals surface area contributed by atoms with Crippen LogP contribution < -0.4 is 0 Å². The molecule has 1 fully saturated rings. The molecule has 0 bridgehead atoms. The van der Waals surface area contributed by atoms with Crippen LogP contribution in [0.5, 0.6) is 0 Å². The molecule has 0 unspecified atom stereocenters. The van der Waals surface area contributed by atoms with Gasteiger partial charge in [-0.05, 0) is 26.0 Å². The molecule has 2 aromatic heterocycles. The number of likely N-dealkylation sites (N-methyl/N-ethyl adjacent to an activating group) is 1. The first-order chi connectivity index (χ1) is 13.1. The van der Waals surface area contributed by atoms with Gasteiger partial charge >= 0.3 is 0 Å². The number of hydrogen-bond donors (Lipinski definition) is 0. The van der Waals surface area contributed by atoms with E-state index in [0.717, 1.165) is 60.9 Å². The first kappa shape index (κ1) is 17.7. The highest BCUT2D eigenvalue weighted by atomic mass is 16.2. The lowest BCUT2D eigenvalue weighted by atomic mass is 10.1. The van der Waals surface area contributed by atoms with E-state index in [-0.39, 0.29) is 5.91 Å². The zero-order chi connectivity index (χ0) is 19.0. The molecule has 3 aromatic rings. The molecule has 1 saturated heterocycles. The number of aromatic nitrogens is 3. The van der Waals surface area contributed by atoms with Crippen LogP contribution in [0.3, 0.4) is 0 Å². The molecule has 1 aliphatic heterocycles. The standard InChI is InChI=1S/C21H25N5O/c1-4-24-10-12-25(13-11-24)21(27)18-14-22-20-19(17-8-6-5-7-9-17)15(2)23-26(20)16(18)3/h5-9,14H,4,10-13H2,1-3H3. The number of carbonyl (C=O) groups excluding carboxylic acids is 1. The van der Waals surface area contributed by atoms with Crippen molar-refractivity contribution in [2.24, 2.45) is 0 Å². The number of rotatable bonds is 3. The van der Waals surface area contributed by atoms with Crippen LogP contribution in [-0.2, 0) is 0 Å². The predicted octanol–water partition coefficient (Wildman–Crippen LogP) is 2.79. The molecule has 0 aliphatic carbocycles. The molecule has 140 valence electrons. The summed E-state index contributed by atoms with van der Waals surface area (Å²) in [4.78, 5) is 22.0. The van der Waals surface area contributed by atoms with Gasteiger partial charge in [-0.2, -0.15) is 5.10 Å². The third kappa shape index (κ3) is 3.10. The summed E-state index contributed by atoms with van der Waals surface area (Å²) in [5.74, 6) is 0.0482. The van der Waals surface area contributed by atoms with Crippen molar-refractivity contribution < 1.29 is 4.79 Å². The van der Waals surface area contributed by atoms with Gasteiger partial charge in [-0.3, -0.25) is 4.79 Å². The highest BCUT2D eigenvalue weighted by Gasteiger charge is 2.25. The van der Waals surface area contributed by atoms with Crippen molar-refractivity contribution in [2.75, 3.05) is 32.7 Å². The van der Waals surface area contributed by atoms with E-state index < -0.39 is 0 Å². The van der Waals surface area contributed by atoms with Crippen LogP contribution in [-0.4, -0.2) is 63.0 Å². The van der Waals surface area contributed by atoms with Crippen molar-refractivity contribution in [1.82, 2.24) is 24.4 Å². The summed E-state index contributed by atoms with van der Waals surface area (Å²) in [5.41, 5.74) is 5.30. The SMILES string of the molecule is CCN1CCN(C(=O)c2cnc3c(-c4ccccc4)c(C)nn3c2C)CC1. The van der Waals surface area contributed by atoms with Crippen molar-refractivity contribution in [2.45, 2.75) is 20.8 Å². The topological polar surface area (TPSA) is 53.7 Å². The fraction of sp³-hybridized carbons (Fsp3) is 0.381. The molecule has 1 aliphatic rings. The molecule has 4 rings (SSSR count). The average Bonchev–Trinajstić information content (AvgIpc) is 3.05. The van der Waals surface area contributed by atoms with E-state index in [9.17, 15) is 4.79 Å². The van der Waals surface area contributed by atoms with E-state index in [1.165, 1.54) is 0 Å². The number of amides is 1. The Bertz CT molecular complexity index is 971. The summed E-state index contributed by atoms with van der Waals surface area (Å²) in [6.07, 6.45) is 1.72. The predicted molar refractivity (Wildman–Crippen MR) is 106 cm³/mol. The van der Waals surface area contributed by atoms with Gasteiger partial charge in [0.2, 0.25) is 0 Å². The molecule has 27 heavy (non-hydrogen) atoms. The molecule has 6 nitrogen and oxygen atoms in total. The maximum atomic E-state index is 13.0. The summed E-state index contributed by atoms with van der Waals surface area (Å²) in [7, 11) is 0. The van der Waals surface area contributed by atoms with Gasteiger partial charge in [0.1, 0.15) is 0 Å². The van der Waals surface area contributed by atoms with Crippen LogP contribution in [0, 0.1) is 13.8 Å². The largest absolute Gasteiger partial charge is 0.336 e. The van der Waals surface area contributed by atoms with Gasteiger partial charge in [-0.25, -0.2) is 9.50 Å². The highest BCUT2D eigenvalue weighted by Crippen LogP contribution is 2.28. The van der Waals surface area contributed by atoms with Gasteiger partial charge in [0.25, 0.3) is 5.91 Å². The minimum atomic E-state index is 0.0482. The Morgan fingerprint density at radius 2 is 1.78 bits per heavy atom. The van der Waals surface area contributed by atoms with Crippen molar-refractivity contribution in [3.05, 3.63) is 53.5 Å². The van der Waals surface area contributed by atoms with Crippen molar-refractivity contribution >= 4 is 11.6 Å². The van der Waals surface area contributed by atoms with Gasteiger partial charge in [0.05, 0.1) is 17.0 Å². The van der Waals surface area contributed by atoms with Gasteiger partial charge in [0.15, 0.2) is 5.65 Å². The van der Waals surface area contributed by atoms with Crippen LogP contribution in [0.2, 0.25) is 0 Å². The molecule has 0 radical (unpaired) electrons. The molecule has 0 spiro atoms. The lowest BCUT2D eigenvalue weighted by molar-refractivity contribution is 0.0641. The molecule has 1 aromatic carbocycles. The van der Waals surface area contributed by atoms with Crippen LogP contribution >= 0.6 is 0 Å². The monoisotopic (exact) mass is 363 g/mol. The normalized spacial score (nSPS) is 15.4. The van der Waals surface area contributed by atoms with Crippen molar-refractivity contribution in [3.8, 4) is 11.1 Å². The number of nitrogens with zero attached hydrogens (tertiary/aromatic N) is 5. The summed E-state index contributed by atoms with van der Waals surface area (Å²) in [6.45, 7) is 10.5. The quantitative estimate of drug-likeness (QED) is 0.718. The maximum Gasteiger partial charge on any atom is 0.257 e. The van der Waals surface area contributed by atoms with E-state index in [4.69, 9.17) is 0 Å². The van der Waals surface area contributed by atoms with E-state index in [2.05, 4.69) is 34.0 Å². The van der Waals surface area contributed by atoms with Crippen LogP contribution in [0.1, 0.15) is 28.7 Å². The van der Waals surface area contributed by atoms with Crippen molar-refractivity contribution in [3.63, 3.8) is 0 Å². The van der Waals surface area contributed by atoms with E-state index >= 15 is 0 Å². The molecule has 6 heteroatoms. The minimum absolute atomic E-state index is 0.0482. The summed E-state index contributed by atoms with van der Waals surface area (Å²) >= 11 is 0. The Morgan fingerprint density at radius 1 is 1.07 bits per heavy atom. The van der Waals surface area contributed by atoms with Gasteiger partial charge in [-0.15, -0.1) is 0 Å². The van der Waals surface area contributed by atoms with Crippen molar-refractivity contribution in [1.29, 1.82) is 0 Å². The van der Waals surface area contributed by atoms with E-state index in [1.807, 2.05) is 41.5 Å². The zero-order valence-electron chi connectivity index (χ0n) is 16.1. The summed E-state index contributed by atoms with van der Waals surface area (Å²) in [6, 6.07) is 10.1. The Morgan fingerprint density at radius 3 is 2.44 bits per heavy atom. The number of piperazine rings is 1. The lowest BCUT2D eigenvalue weighted by Gasteiger charge is -2.34. The molecule has 3 heterocycles. The fourth-order valence-electron chi connectivity index (χ4n) is 3.79. The molecule has 0 saturated carbocycles. The zero-order valence-corrected chi connectivity index (χ0v) is 16.1. The van der Waals surface area contributed by atoms with Crippen LogP contribution in [0.4, 0.5) is 0 Å². The van der Waals surface area contributed by atoms with Crippen LogP contribution in [0.15, 0.2) is 36.5 Å². The fourth-order valence-corrected chi connectivity index (χ4v) is 3.79. The maximum absolute atomic E-state index is 13.0. The number of hydrogen-bond acceptors (Lipinski definition) is 4. The average molecular weight is 363 g/mol. The Kier molecular flexibility index (Phi) is 4.66. The molecular formula is C21H25N5O. The second-order valence-electron chi connectivity index (χ2n) is 7.05. The minimum Gasteiger partial charge on any atom is -0.336 e. The Hall–Kier alpha value is -2.73. The van der Waals surface area contributed by atoms with E-state index in [1.54, 1.807) is 6.20 Å². The molecule has 0 atom stereocenters. The third-order valence-corrected chi connectivity index (χ3v) is 5.46. The highest BCUT2D eigenvalue weighted by molar-refractivity contribution is 5.95. The van der Waals surface area contributed by atoms with Crippen LogP contribution in [0.25, 0.3) is 16.8 Å². The van der Waals surface area contributed by atoms with Gasteiger partial charge in [-0.1, -0.05) is 37.3 Å². The summed E-state index contributed by atoms with van der Waals surface area (Å²) < 4.78 is 1.81. The third-order valence-electron chi connectivity index (χ3n) is 5.46. The Balaban J connectivity index is 1.70. The first-order valence-corrected chi connectivity index (χ1v) is 9.52. The Labute approximate surface area is 159 Å².